The standard InChI is InChI=1S/C20H25ClN2O.ClH/c1-14(18(22)15-9-5-4-6-10-15)19(24)23-20(2,3)13-16-11-7-8-12-17(16)21;/h4-12,14,18H,13,22H2,1-3H3,(H,23,24);1H. The van der Waals surface area contributed by atoms with Gasteiger partial charge in [-0.1, -0.05) is 67.1 Å². The number of hydrogen-bond donors (Lipinski definition) is 2. The molecule has 136 valence electrons. The summed E-state index contributed by atoms with van der Waals surface area (Å²) in [5, 5.41) is 3.82. The number of amides is 1. The van der Waals surface area contributed by atoms with Crippen LogP contribution in [0.5, 0.6) is 0 Å². The fraction of sp³-hybridized carbons (Fsp3) is 0.350. The van der Waals surface area contributed by atoms with Gasteiger partial charge in [0.15, 0.2) is 0 Å². The zero-order valence-corrected chi connectivity index (χ0v) is 16.4. The first-order chi connectivity index (χ1) is 11.3. The first-order valence-electron chi connectivity index (χ1n) is 8.16. The van der Waals surface area contributed by atoms with E-state index in [4.69, 9.17) is 17.3 Å². The number of halogens is 2. The van der Waals surface area contributed by atoms with E-state index in [-0.39, 0.29) is 30.3 Å². The molecule has 0 heterocycles. The van der Waals surface area contributed by atoms with Crippen molar-refractivity contribution < 1.29 is 4.79 Å². The summed E-state index contributed by atoms with van der Waals surface area (Å²) >= 11 is 6.23. The molecule has 0 fully saturated rings. The highest BCUT2D eigenvalue weighted by molar-refractivity contribution is 6.31. The molecule has 0 aromatic heterocycles. The number of rotatable bonds is 6. The summed E-state index contributed by atoms with van der Waals surface area (Å²) in [6, 6.07) is 17.1. The molecule has 5 heteroatoms. The lowest BCUT2D eigenvalue weighted by molar-refractivity contribution is -0.126. The molecule has 0 bridgehead atoms. The highest BCUT2D eigenvalue weighted by Gasteiger charge is 2.28. The molecule has 2 aromatic carbocycles. The minimum atomic E-state index is -0.410. The molecule has 0 spiro atoms. The van der Waals surface area contributed by atoms with Crippen LogP contribution in [-0.4, -0.2) is 11.4 Å². The van der Waals surface area contributed by atoms with Crippen LogP contribution in [0.3, 0.4) is 0 Å². The summed E-state index contributed by atoms with van der Waals surface area (Å²) in [5.74, 6) is -0.374. The van der Waals surface area contributed by atoms with E-state index in [2.05, 4.69) is 5.32 Å². The van der Waals surface area contributed by atoms with Crippen LogP contribution < -0.4 is 11.1 Å². The van der Waals surface area contributed by atoms with Gasteiger partial charge in [-0.15, -0.1) is 12.4 Å². The van der Waals surface area contributed by atoms with Crippen LogP contribution in [-0.2, 0) is 11.2 Å². The monoisotopic (exact) mass is 380 g/mol. The molecule has 0 saturated heterocycles. The summed E-state index contributed by atoms with van der Waals surface area (Å²) in [4.78, 5) is 12.6. The molecule has 1 amide bonds. The van der Waals surface area contributed by atoms with Gasteiger partial charge in [0.1, 0.15) is 0 Å². The van der Waals surface area contributed by atoms with E-state index < -0.39 is 5.54 Å². The smallest absolute Gasteiger partial charge is 0.225 e. The molecular formula is C20H26Cl2N2O. The molecule has 0 aliphatic carbocycles. The Labute approximate surface area is 161 Å². The Hall–Kier alpha value is -1.55. The molecule has 2 unspecified atom stereocenters. The third-order valence-corrected chi connectivity index (χ3v) is 4.56. The lowest BCUT2D eigenvalue weighted by Crippen LogP contribution is -2.48. The predicted molar refractivity (Wildman–Crippen MR) is 107 cm³/mol. The molecule has 25 heavy (non-hydrogen) atoms. The quantitative estimate of drug-likeness (QED) is 0.772. The topological polar surface area (TPSA) is 55.1 Å². The van der Waals surface area contributed by atoms with Crippen LogP contribution in [0.1, 0.15) is 37.9 Å². The Morgan fingerprint density at radius 2 is 1.68 bits per heavy atom. The summed E-state index contributed by atoms with van der Waals surface area (Å²) in [7, 11) is 0. The van der Waals surface area contributed by atoms with Crippen molar-refractivity contribution in [1.82, 2.24) is 5.32 Å². The van der Waals surface area contributed by atoms with Crippen molar-refractivity contribution in [1.29, 1.82) is 0 Å². The van der Waals surface area contributed by atoms with Gasteiger partial charge >= 0.3 is 0 Å². The minimum absolute atomic E-state index is 0. The van der Waals surface area contributed by atoms with Crippen LogP contribution in [0.4, 0.5) is 0 Å². The van der Waals surface area contributed by atoms with Gasteiger partial charge in [-0.3, -0.25) is 4.79 Å². The van der Waals surface area contributed by atoms with Gasteiger partial charge in [-0.2, -0.15) is 0 Å². The SMILES string of the molecule is CC(C(=O)NC(C)(C)Cc1ccccc1Cl)C(N)c1ccccc1.Cl. The van der Waals surface area contributed by atoms with Crippen molar-refractivity contribution in [2.75, 3.05) is 0 Å². The maximum atomic E-state index is 12.6. The van der Waals surface area contributed by atoms with Crippen molar-refractivity contribution in [2.45, 2.75) is 38.8 Å². The Morgan fingerprint density at radius 1 is 1.12 bits per heavy atom. The van der Waals surface area contributed by atoms with Gasteiger partial charge < -0.3 is 11.1 Å². The molecule has 0 aliphatic rings. The highest BCUT2D eigenvalue weighted by Crippen LogP contribution is 2.23. The molecule has 2 atom stereocenters. The van der Waals surface area contributed by atoms with Gasteiger partial charge in [-0.05, 0) is 37.5 Å². The Morgan fingerprint density at radius 3 is 2.28 bits per heavy atom. The van der Waals surface area contributed by atoms with Crippen molar-refractivity contribution in [3.63, 3.8) is 0 Å². The summed E-state index contributed by atoms with van der Waals surface area (Å²) in [6.45, 7) is 5.85. The number of nitrogens with one attached hydrogen (secondary N) is 1. The van der Waals surface area contributed by atoms with E-state index in [0.29, 0.717) is 11.4 Å². The summed E-state index contributed by atoms with van der Waals surface area (Å²) in [6.07, 6.45) is 0.658. The molecule has 3 nitrogen and oxygen atoms in total. The lowest BCUT2D eigenvalue weighted by Gasteiger charge is -2.30. The maximum Gasteiger partial charge on any atom is 0.225 e. The van der Waals surface area contributed by atoms with Crippen LogP contribution in [0, 0.1) is 5.92 Å². The second-order valence-electron chi connectivity index (χ2n) is 6.87. The van der Waals surface area contributed by atoms with E-state index in [9.17, 15) is 4.79 Å². The predicted octanol–water partition coefficient (Wildman–Crippen LogP) is 4.54. The Bertz CT molecular complexity index is 689. The molecular weight excluding hydrogens is 355 g/mol. The first-order valence-corrected chi connectivity index (χ1v) is 8.54. The summed E-state index contributed by atoms with van der Waals surface area (Å²) < 4.78 is 0. The fourth-order valence-corrected chi connectivity index (χ4v) is 2.94. The van der Waals surface area contributed by atoms with Gasteiger partial charge in [-0.25, -0.2) is 0 Å². The zero-order chi connectivity index (χ0) is 17.7. The largest absolute Gasteiger partial charge is 0.351 e. The van der Waals surface area contributed by atoms with Gasteiger partial charge in [0.25, 0.3) is 0 Å². The van der Waals surface area contributed by atoms with Gasteiger partial charge in [0, 0.05) is 16.6 Å². The van der Waals surface area contributed by atoms with Crippen LogP contribution in [0.2, 0.25) is 5.02 Å². The molecule has 3 N–H and O–H groups in total. The molecule has 2 rings (SSSR count). The molecule has 0 radical (unpaired) electrons. The zero-order valence-electron chi connectivity index (χ0n) is 14.8. The fourth-order valence-electron chi connectivity index (χ4n) is 2.74. The second kappa shape index (κ2) is 9.23. The number of benzene rings is 2. The lowest BCUT2D eigenvalue weighted by atomic mass is 9.91. The van der Waals surface area contributed by atoms with Crippen LogP contribution >= 0.6 is 24.0 Å². The number of hydrogen-bond acceptors (Lipinski definition) is 2. The molecule has 0 saturated carbocycles. The van der Waals surface area contributed by atoms with E-state index >= 15 is 0 Å². The van der Waals surface area contributed by atoms with Crippen LogP contribution in [0.25, 0.3) is 0 Å². The van der Waals surface area contributed by atoms with Gasteiger partial charge in [0.2, 0.25) is 5.91 Å². The average Bonchev–Trinajstić information content (AvgIpc) is 2.55. The average molecular weight is 381 g/mol. The van der Waals surface area contributed by atoms with Crippen molar-refractivity contribution in [3.8, 4) is 0 Å². The third kappa shape index (κ3) is 6.03. The van der Waals surface area contributed by atoms with E-state index in [1.165, 1.54) is 0 Å². The third-order valence-electron chi connectivity index (χ3n) is 4.19. The first kappa shape index (κ1) is 21.5. The van der Waals surface area contributed by atoms with Crippen molar-refractivity contribution in [3.05, 3.63) is 70.7 Å². The van der Waals surface area contributed by atoms with Crippen molar-refractivity contribution in [2.24, 2.45) is 11.7 Å². The molecule has 0 aliphatic heterocycles. The number of carbonyl (C=O) groups is 1. The number of carbonyl (C=O) groups excluding carboxylic acids is 1. The van der Waals surface area contributed by atoms with Crippen molar-refractivity contribution >= 4 is 29.9 Å². The summed E-state index contributed by atoms with van der Waals surface area (Å²) in [5.41, 5.74) is 7.82. The van der Waals surface area contributed by atoms with E-state index in [1.807, 2.05) is 75.4 Å². The Balaban J connectivity index is 0.00000312. The normalized spacial score (nSPS) is 13.5. The highest BCUT2D eigenvalue weighted by atomic mass is 35.5. The van der Waals surface area contributed by atoms with E-state index in [0.717, 1.165) is 11.1 Å². The van der Waals surface area contributed by atoms with Gasteiger partial charge in [0.05, 0.1) is 5.92 Å². The second-order valence-corrected chi connectivity index (χ2v) is 7.27. The van der Waals surface area contributed by atoms with E-state index in [1.54, 1.807) is 0 Å². The van der Waals surface area contributed by atoms with Crippen LogP contribution in [0.15, 0.2) is 54.6 Å². The maximum absolute atomic E-state index is 12.6. The minimum Gasteiger partial charge on any atom is -0.351 e. The Kier molecular flexibility index (Phi) is 7.94. The molecule has 2 aromatic rings. The number of nitrogens with two attached hydrogens (primary N) is 1.